The molecule has 5 rings (SSSR count). The molecule has 0 aromatic heterocycles. The van der Waals surface area contributed by atoms with E-state index in [0.29, 0.717) is 35.1 Å². The highest BCUT2D eigenvalue weighted by molar-refractivity contribution is 6.35. The Morgan fingerprint density at radius 2 is 1.56 bits per heavy atom. The second-order valence-electron chi connectivity index (χ2n) is 8.82. The molecule has 4 nitrogen and oxygen atoms in total. The summed E-state index contributed by atoms with van der Waals surface area (Å²) in [6, 6.07) is 4.79. The van der Waals surface area contributed by atoms with Gasteiger partial charge >= 0.3 is 0 Å². The molecule has 1 aromatic rings. The smallest absolute Gasteiger partial charge is 0.252 e. The monoisotopic (exact) mass is 408 g/mol. The molecule has 4 fully saturated rings. The normalized spacial score (nSPS) is 31.0. The number of nitrogens with one attached hydrogen (secondary N) is 2. The third kappa shape index (κ3) is 4.27. The van der Waals surface area contributed by atoms with Crippen LogP contribution in [-0.2, 0) is 4.79 Å². The van der Waals surface area contributed by atoms with Crippen molar-refractivity contribution in [1.82, 2.24) is 10.6 Å². The molecule has 0 spiro atoms. The fourth-order valence-electron chi connectivity index (χ4n) is 6.05. The van der Waals surface area contributed by atoms with E-state index in [9.17, 15) is 9.59 Å². The van der Waals surface area contributed by atoms with E-state index in [2.05, 4.69) is 10.6 Å². The van der Waals surface area contributed by atoms with Crippen LogP contribution in [0, 0.1) is 23.2 Å². The molecule has 4 saturated carbocycles. The number of amides is 2. The molecule has 4 aliphatic rings. The Kier molecular flexibility index (Phi) is 5.39. The summed E-state index contributed by atoms with van der Waals surface area (Å²) in [5.41, 5.74) is 0.597. The van der Waals surface area contributed by atoms with Crippen molar-refractivity contribution in [2.24, 2.45) is 23.2 Å². The summed E-state index contributed by atoms with van der Waals surface area (Å²) in [7, 11) is 0. The Labute approximate surface area is 170 Å². The zero-order valence-electron chi connectivity index (χ0n) is 15.4. The SMILES string of the molecule is O=C(CC12CC3CC(CC(C3)C1)C2)NCCNC(=O)c1cc(Cl)ccc1Cl. The van der Waals surface area contributed by atoms with Crippen LogP contribution < -0.4 is 10.6 Å². The van der Waals surface area contributed by atoms with Crippen molar-refractivity contribution in [2.45, 2.75) is 44.9 Å². The molecule has 0 aliphatic heterocycles. The van der Waals surface area contributed by atoms with E-state index < -0.39 is 0 Å². The summed E-state index contributed by atoms with van der Waals surface area (Å²) in [6.45, 7) is 0.795. The Hall–Kier alpha value is -1.26. The van der Waals surface area contributed by atoms with Crippen molar-refractivity contribution in [3.63, 3.8) is 0 Å². The van der Waals surface area contributed by atoms with Crippen molar-refractivity contribution in [2.75, 3.05) is 13.1 Å². The zero-order valence-corrected chi connectivity index (χ0v) is 16.9. The third-order valence-corrected chi connectivity index (χ3v) is 7.17. The number of hydrogen-bond acceptors (Lipinski definition) is 2. The van der Waals surface area contributed by atoms with Gasteiger partial charge in [0, 0.05) is 24.5 Å². The van der Waals surface area contributed by atoms with E-state index in [0.717, 1.165) is 17.8 Å². The summed E-state index contributed by atoms with van der Waals surface area (Å²) in [6.07, 6.45) is 8.50. The van der Waals surface area contributed by atoms with Gasteiger partial charge in [0.2, 0.25) is 5.91 Å². The van der Waals surface area contributed by atoms with Crippen LogP contribution in [0.25, 0.3) is 0 Å². The Morgan fingerprint density at radius 3 is 2.19 bits per heavy atom. The Bertz CT molecular complexity index is 714. The third-order valence-electron chi connectivity index (χ3n) is 6.61. The quantitative estimate of drug-likeness (QED) is 0.683. The predicted molar refractivity (Wildman–Crippen MR) is 107 cm³/mol. The van der Waals surface area contributed by atoms with Gasteiger partial charge in [-0.3, -0.25) is 9.59 Å². The first-order chi connectivity index (χ1) is 12.9. The fraction of sp³-hybridized carbons (Fsp3) is 0.619. The highest BCUT2D eigenvalue weighted by Gasteiger charge is 2.51. The first-order valence-corrected chi connectivity index (χ1v) is 10.7. The second kappa shape index (κ2) is 7.63. The largest absolute Gasteiger partial charge is 0.354 e. The lowest BCUT2D eigenvalue weighted by Crippen LogP contribution is -2.48. The molecule has 0 saturated heterocycles. The van der Waals surface area contributed by atoms with Crippen LogP contribution >= 0.6 is 23.2 Å². The van der Waals surface area contributed by atoms with E-state index in [1.54, 1.807) is 18.2 Å². The number of carbonyl (C=O) groups excluding carboxylic acids is 2. The number of halogens is 2. The molecule has 0 radical (unpaired) electrons. The molecule has 0 atom stereocenters. The Morgan fingerprint density at radius 1 is 0.963 bits per heavy atom. The van der Waals surface area contributed by atoms with Gasteiger partial charge < -0.3 is 10.6 Å². The lowest BCUT2D eigenvalue weighted by atomic mass is 9.49. The van der Waals surface area contributed by atoms with Crippen molar-refractivity contribution in [3.05, 3.63) is 33.8 Å². The average Bonchev–Trinajstić information content (AvgIpc) is 2.59. The van der Waals surface area contributed by atoms with Crippen LogP contribution in [0.5, 0.6) is 0 Å². The maximum absolute atomic E-state index is 12.5. The zero-order chi connectivity index (χ0) is 19.0. The lowest BCUT2D eigenvalue weighted by molar-refractivity contribution is -0.129. The molecule has 4 aliphatic carbocycles. The topological polar surface area (TPSA) is 58.2 Å². The van der Waals surface area contributed by atoms with Crippen molar-refractivity contribution < 1.29 is 9.59 Å². The fourth-order valence-corrected chi connectivity index (χ4v) is 6.43. The second-order valence-corrected chi connectivity index (χ2v) is 9.67. The predicted octanol–water partition coefficient (Wildman–Crippen LogP) is 4.45. The molecule has 0 unspecified atom stereocenters. The summed E-state index contributed by atoms with van der Waals surface area (Å²) in [5, 5.41) is 6.59. The van der Waals surface area contributed by atoms with Crippen molar-refractivity contribution in [3.8, 4) is 0 Å². The van der Waals surface area contributed by atoms with Gasteiger partial charge in [-0.1, -0.05) is 23.2 Å². The van der Waals surface area contributed by atoms with Crippen LogP contribution in [0.15, 0.2) is 18.2 Å². The molecule has 2 amide bonds. The minimum absolute atomic E-state index is 0.118. The number of rotatable bonds is 6. The molecular weight excluding hydrogens is 383 g/mol. The number of carbonyl (C=O) groups is 2. The van der Waals surface area contributed by atoms with Crippen molar-refractivity contribution in [1.29, 1.82) is 0 Å². The minimum atomic E-state index is -0.280. The number of benzene rings is 1. The van der Waals surface area contributed by atoms with Gasteiger partial charge in [0.15, 0.2) is 0 Å². The molecule has 6 heteroatoms. The van der Waals surface area contributed by atoms with Crippen LogP contribution in [0.2, 0.25) is 10.0 Å². The number of hydrogen-bond donors (Lipinski definition) is 2. The highest BCUT2D eigenvalue weighted by Crippen LogP contribution is 2.61. The summed E-state index contributed by atoms with van der Waals surface area (Å²) >= 11 is 12.0. The van der Waals surface area contributed by atoms with Crippen molar-refractivity contribution >= 4 is 35.0 Å². The molecule has 4 bridgehead atoms. The van der Waals surface area contributed by atoms with Gasteiger partial charge in [-0.2, -0.15) is 0 Å². The minimum Gasteiger partial charge on any atom is -0.354 e. The molecule has 146 valence electrons. The maximum Gasteiger partial charge on any atom is 0.252 e. The molecular formula is C21H26Cl2N2O2. The standard InChI is InChI=1S/C21H26Cl2N2O2/c22-16-1-2-18(23)17(8-16)20(27)25-4-3-24-19(26)12-21-9-13-5-14(10-21)7-15(6-13)11-21/h1-2,8,13-15H,3-7,9-12H2,(H,24,26)(H,25,27). The van der Waals surface area contributed by atoms with Gasteiger partial charge in [0.05, 0.1) is 10.6 Å². The van der Waals surface area contributed by atoms with Crippen LogP contribution in [0.4, 0.5) is 0 Å². The Balaban J connectivity index is 1.22. The maximum atomic E-state index is 12.5. The average molecular weight is 409 g/mol. The lowest BCUT2D eigenvalue weighted by Gasteiger charge is -2.56. The highest BCUT2D eigenvalue weighted by atomic mass is 35.5. The molecule has 2 N–H and O–H groups in total. The van der Waals surface area contributed by atoms with Gasteiger partial charge in [0.1, 0.15) is 0 Å². The first-order valence-electron chi connectivity index (χ1n) is 9.92. The van der Waals surface area contributed by atoms with E-state index in [4.69, 9.17) is 23.2 Å². The van der Waals surface area contributed by atoms with Gasteiger partial charge in [-0.15, -0.1) is 0 Å². The molecule has 1 aromatic carbocycles. The van der Waals surface area contributed by atoms with Crippen LogP contribution in [-0.4, -0.2) is 24.9 Å². The summed E-state index contributed by atoms with van der Waals surface area (Å²) < 4.78 is 0. The molecule has 27 heavy (non-hydrogen) atoms. The van der Waals surface area contributed by atoms with Gasteiger partial charge in [0.25, 0.3) is 5.91 Å². The van der Waals surface area contributed by atoms with E-state index in [-0.39, 0.29) is 17.2 Å². The molecule has 0 heterocycles. The summed E-state index contributed by atoms with van der Waals surface area (Å²) in [4.78, 5) is 24.7. The van der Waals surface area contributed by atoms with E-state index in [1.807, 2.05) is 0 Å². The van der Waals surface area contributed by atoms with Crippen LogP contribution in [0.3, 0.4) is 0 Å². The van der Waals surface area contributed by atoms with E-state index >= 15 is 0 Å². The van der Waals surface area contributed by atoms with Gasteiger partial charge in [-0.25, -0.2) is 0 Å². The summed E-state index contributed by atoms with van der Waals surface area (Å²) in [5.74, 6) is 2.40. The first kappa shape index (κ1) is 19.1. The van der Waals surface area contributed by atoms with E-state index in [1.165, 1.54) is 38.5 Å². The van der Waals surface area contributed by atoms with Crippen LogP contribution in [0.1, 0.15) is 55.3 Å². The van der Waals surface area contributed by atoms with Gasteiger partial charge in [-0.05, 0) is 79.9 Å².